The molecule has 0 aliphatic heterocycles. The number of carbonyl (C=O) groups is 1. The molecule has 0 bridgehead atoms. The fraction of sp³-hybridized carbons (Fsp3) is 0.500. The van der Waals surface area contributed by atoms with Gasteiger partial charge in [0.1, 0.15) is 5.78 Å². The van der Waals surface area contributed by atoms with Gasteiger partial charge in [-0.05, 0) is 25.0 Å². The molecule has 1 fully saturated rings. The second-order valence-electron chi connectivity index (χ2n) is 3.57. The minimum atomic E-state index is -0.314. The van der Waals surface area contributed by atoms with Crippen molar-refractivity contribution in [2.24, 2.45) is 0 Å². The number of aromatic nitrogens is 1. The smallest absolute Gasteiger partial charge is 0.142 e. The van der Waals surface area contributed by atoms with Crippen LogP contribution in [0.1, 0.15) is 30.9 Å². The number of aliphatic hydroxyl groups is 1. The van der Waals surface area contributed by atoms with Gasteiger partial charge in [-0.1, -0.05) is 0 Å². The molecule has 3 heteroatoms. The number of Topliss-reactive ketones (excluding diaryl/α,β-unsaturated/α-hetero) is 1. The molecule has 1 saturated carbocycles. The summed E-state index contributed by atoms with van der Waals surface area (Å²) in [7, 11) is 0. The maximum absolute atomic E-state index is 11.5. The fourth-order valence-corrected chi connectivity index (χ4v) is 1.87. The molecular formula is C10H13NO2. The van der Waals surface area contributed by atoms with Gasteiger partial charge >= 0.3 is 0 Å². The average molecular weight is 179 g/mol. The lowest BCUT2D eigenvalue weighted by molar-refractivity contribution is -0.124. The minimum absolute atomic E-state index is 0.112. The Morgan fingerprint density at radius 1 is 1.54 bits per heavy atom. The van der Waals surface area contributed by atoms with Crippen LogP contribution in [0.3, 0.4) is 0 Å². The number of rotatable bonds is 1. The van der Waals surface area contributed by atoms with Crippen LogP contribution in [0.5, 0.6) is 0 Å². The quantitative estimate of drug-likeness (QED) is 0.680. The van der Waals surface area contributed by atoms with Gasteiger partial charge in [-0.3, -0.25) is 4.79 Å². The maximum Gasteiger partial charge on any atom is 0.142 e. The fourth-order valence-electron chi connectivity index (χ4n) is 1.87. The van der Waals surface area contributed by atoms with E-state index in [-0.39, 0.29) is 17.8 Å². The molecule has 0 aromatic carbocycles. The van der Waals surface area contributed by atoms with Gasteiger partial charge in [-0.25, -0.2) is 0 Å². The summed E-state index contributed by atoms with van der Waals surface area (Å²) < 4.78 is 0. The number of H-pyrrole nitrogens is 1. The third kappa shape index (κ3) is 1.65. The first kappa shape index (κ1) is 8.51. The topological polar surface area (TPSA) is 53.1 Å². The van der Waals surface area contributed by atoms with E-state index in [1.807, 2.05) is 18.3 Å². The van der Waals surface area contributed by atoms with Crippen LogP contribution in [-0.2, 0) is 4.79 Å². The standard InChI is InChI=1S/C10H13NO2/c12-7-3-4-10(13)8(6-7)9-2-1-5-11-9/h1-2,5,7-8,11-12H,3-4,6H2. The van der Waals surface area contributed by atoms with Crippen molar-refractivity contribution in [1.29, 1.82) is 0 Å². The third-order valence-corrected chi connectivity index (χ3v) is 2.62. The Labute approximate surface area is 76.8 Å². The highest BCUT2D eigenvalue weighted by Gasteiger charge is 2.29. The Morgan fingerprint density at radius 3 is 3.08 bits per heavy atom. The molecule has 0 amide bonds. The summed E-state index contributed by atoms with van der Waals surface area (Å²) in [4.78, 5) is 14.5. The van der Waals surface area contributed by atoms with Gasteiger partial charge in [0.2, 0.25) is 0 Å². The first-order chi connectivity index (χ1) is 6.27. The number of nitrogens with one attached hydrogen (secondary N) is 1. The summed E-state index contributed by atoms with van der Waals surface area (Å²) in [6.07, 6.45) is 3.19. The number of carbonyl (C=O) groups excluding carboxylic acids is 1. The maximum atomic E-state index is 11.5. The minimum Gasteiger partial charge on any atom is -0.393 e. The molecule has 2 rings (SSSR count). The van der Waals surface area contributed by atoms with Crippen LogP contribution in [-0.4, -0.2) is 22.0 Å². The van der Waals surface area contributed by atoms with Gasteiger partial charge < -0.3 is 10.1 Å². The number of ketones is 1. The number of aliphatic hydroxyl groups excluding tert-OH is 1. The summed E-state index contributed by atoms with van der Waals surface area (Å²) in [6, 6.07) is 3.78. The van der Waals surface area contributed by atoms with Crippen LogP contribution in [0.15, 0.2) is 18.3 Å². The zero-order valence-corrected chi connectivity index (χ0v) is 7.36. The molecule has 2 atom stereocenters. The molecule has 1 aliphatic rings. The molecular weight excluding hydrogens is 166 g/mol. The molecule has 0 spiro atoms. The van der Waals surface area contributed by atoms with Crippen molar-refractivity contribution in [3.05, 3.63) is 24.0 Å². The molecule has 0 radical (unpaired) electrons. The summed E-state index contributed by atoms with van der Waals surface area (Å²) in [6.45, 7) is 0. The van der Waals surface area contributed by atoms with E-state index in [1.54, 1.807) is 0 Å². The van der Waals surface area contributed by atoms with Crippen LogP contribution in [0.4, 0.5) is 0 Å². The zero-order chi connectivity index (χ0) is 9.26. The summed E-state index contributed by atoms with van der Waals surface area (Å²) in [5.74, 6) is 0.131. The summed E-state index contributed by atoms with van der Waals surface area (Å²) in [5, 5.41) is 9.43. The Balaban J connectivity index is 2.17. The van der Waals surface area contributed by atoms with Crippen LogP contribution < -0.4 is 0 Å². The SMILES string of the molecule is O=C1CCC(O)CC1c1ccc[nH]1. The second kappa shape index (κ2) is 3.34. The lowest BCUT2D eigenvalue weighted by atomic mass is 9.84. The Bertz CT molecular complexity index is 292. The van der Waals surface area contributed by atoms with E-state index in [4.69, 9.17) is 0 Å². The van der Waals surface area contributed by atoms with E-state index in [0.717, 1.165) is 5.69 Å². The molecule has 1 aliphatic carbocycles. The van der Waals surface area contributed by atoms with Gasteiger partial charge in [0.15, 0.2) is 0 Å². The van der Waals surface area contributed by atoms with E-state index in [0.29, 0.717) is 19.3 Å². The van der Waals surface area contributed by atoms with Crippen molar-refractivity contribution in [3.8, 4) is 0 Å². The molecule has 2 N–H and O–H groups in total. The van der Waals surface area contributed by atoms with E-state index in [2.05, 4.69) is 4.98 Å². The molecule has 2 unspecified atom stereocenters. The second-order valence-corrected chi connectivity index (χ2v) is 3.57. The van der Waals surface area contributed by atoms with Crippen molar-refractivity contribution in [3.63, 3.8) is 0 Å². The zero-order valence-electron chi connectivity index (χ0n) is 7.36. The molecule has 1 aromatic heterocycles. The predicted molar refractivity (Wildman–Crippen MR) is 48.4 cm³/mol. The number of aromatic amines is 1. The average Bonchev–Trinajstić information content (AvgIpc) is 2.61. The predicted octanol–water partition coefficient (Wildman–Crippen LogP) is 1.21. The number of hydrogen-bond donors (Lipinski definition) is 2. The van der Waals surface area contributed by atoms with Gasteiger partial charge in [0, 0.05) is 18.3 Å². The van der Waals surface area contributed by atoms with Crippen molar-refractivity contribution in [2.45, 2.75) is 31.3 Å². The van der Waals surface area contributed by atoms with Gasteiger partial charge in [0.05, 0.1) is 12.0 Å². The molecule has 0 saturated heterocycles. The monoisotopic (exact) mass is 179 g/mol. The van der Waals surface area contributed by atoms with Crippen LogP contribution in [0.25, 0.3) is 0 Å². The van der Waals surface area contributed by atoms with Crippen LogP contribution in [0, 0.1) is 0 Å². The lowest BCUT2D eigenvalue weighted by Gasteiger charge is -2.23. The number of hydrogen-bond acceptors (Lipinski definition) is 2. The van der Waals surface area contributed by atoms with E-state index < -0.39 is 0 Å². The Kier molecular flexibility index (Phi) is 2.19. The lowest BCUT2D eigenvalue weighted by Crippen LogP contribution is -2.26. The van der Waals surface area contributed by atoms with E-state index in [1.165, 1.54) is 0 Å². The molecule has 70 valence electrons. The summed E-state index contributed by atoms with van der Waals surface area (Å²) in [5.41, 5.74) is 0.934. The molecule has 13 heavy (non-hydrogen) atoms. The Morgan fingerprint density at radius 2 is 2.38 bits per heavy atom. The largest absolute Gasteiger partial charge is 0.393 e. The van der Waals surface area contributed by atoms with E-state index >= 15 is 0 Å². The first-order valence-corrected chi connectivity index (χ1v) is 4.61. The molecule has 3 nitrogen and oxygen atoms in total. The van der Waals surface area contributed by atoms with Gasteiger partial charge in [-0.15, -0.1) is 0 Å². The molecule has 1 heterocycles. The van der Waals surface area contributed by atoms with Crippen molar-refractivity contribution in [2.75, 3.05) is 0 Å². The van der Waals surface area contributed by atoms with Crippen molar-refractivity contribution in [1.82, 2.24) is 4.98 Å². The van der Waals surface area contributed by atoms with Crippen molar-refractivity contribution >= 4 is 5.78 Å². The van der Waals surface area contributed by atoms with Gasteiger partial charge in [-0.2, -0.15) is 0 Å². The van der Waals surface area contributed by atoms with E-state index in [9.17, 15) is 9.90 Å². The Hall–Kier alpha value is -1.09. The molecule has 1 aromatic rings. The highest BCUT2D eigenvalue weighted by Crippen LogP contribution is 2.28. The highest BCUT2D eigenvalue weighted by molar-refractivity contribution is 5.86. The normalized spacial score (nSPS) is 29.2. The first-order valence-electron chi connectivity index (χ1n) is 4.61. The van der Waals surface area contributed by atoms with Crippen LogP contribution in [0.2, 0.25) is 0 Å². The summed E-state index contributed by atoms with van der Waals surface area (Å²) >= 11 is 0. The highest BCUT2D eigenvalue weighted by atomic mass is 16.3. The van der Waals surface area contributed by atoms with Crippen molar-refractivity contribution < 1.29 is 9.90 Å². The van der Waals surface area contributed by atoms with Gasteiger partial charge in [0.25, 0.3) is 0 Å². The van der Waals surface area contributed by atoms with Crippen LogP contribution >= 0.6 is 0 Å². The third-order valence-electron chi connectivity index (χ3n) is 2.62.